The second kappa shape index (κ2) is 4.01. The van der Waals surface area contributed by atoms with Crippen LogP contribution in [0.1, 0.15) is 78.6 Å². The van der Waals surface area contributed by atoms with Crippen molar-refractivity contribution in [2.24, 2.45) is 45.8 Å². The summed E-state index contributed by atoms with van der Waals surface area (Å²) in [4.78, 5) is 12.5. The molecule has 0 aliphatic heterocycles. The van der Waals surface area contributed by atoms with Gasteiger partial charge in [0.1, 0.15) is 5.78 Å². The number of ketones is 1. The molecule has 0 saturated heterocycles. The smallest absolute Gasteiger partial charge is 0.139 e. The Balaban J connectivity index is 1.53. The molecule has 5 fully saturated rings. The van der Waals surface area contributed by atoms with Gasteiger partial charge in [0.05, 0.1) is 0 Å². The molecule has 22 heavy (non-hydrogen) atoms. The first kappa shape index (κ1) is 14.1. The van der Waals surface area contributed by atoms with Gasteiger partial charge in [-0.1, -0.05) is 27.2 Å². The number of fused-ring (bicyclic) bond motifs is 4. The highest BCUT2D eigenvalue weighted by Crippen LogP contribution is 2.80. The van der Waals surface area contributed by atoms with Crippen molar-refractivity contribution in [2.45, 2.75) is 78.6 Å². The maximum atomic E-state index is 12.5. The Morgan fingerprint density at radius 1 is 1.00 bits per heavy atom. The quantitative estimate of drug-likeness (QED) is 0.598. The molecule has 5 aliphatic rings. The lowest BCUT2D eigenvalue weighted by Crippen LogP contribution is -2.54. The van der Waals surface area contributed by atoms with Gasteiger partial charge >= 0.3 is 0 Å². The molecule has 8 atom stereocenters. The van der Waals surface area contributed by atoms with Gasteiger partial charge < -0.3 is 0 Å². The summed E-state index contributed by atoms with van der Waals surface area (Å²) in [6.45, 7) is 7.49. The molecule has 5 aliphatic carbocycles. The minimum Gasteiger partial charge on any atom is -0.299 e. The van der Waals surface area contributed by atoms with Gasteiger partial charge in [-0.3, -0.25) is 4.79 Å². The lowest BCUT2D eigenvalue weighted by atomic mass is 9.44. The zero-order chi connectivity index (χ0) is 15.3. The van der Waals surface area contributed by atoms with Crippen LogP contribution in [0.4, 0.5) is 0 Å². The van der Waals surface area contributed by atoms with E-state index in [9.17, 15) is 4.79 Å². The molecule has 5 saturated carbocycles. The monoisotopic (exact) mass is 300 g/mol. The van der Waals surface area contributed by atoms with Crippen molar-refractivity contribution in [1.29, 1.82) is 0 Å². The minimum absolute atomic E-state index is 0.0639. The fourth-order valence-electron chi connectivity index (χ4n) is 8.45. The first-order chi connectivity index (χ1) is 10.4. The van der Waals surface area contributed by atoms with Crippen LogP contribution in [0.25, 0.3) is 0 Å². The Hall–Kier alpha value is -0.330. The summed E-state index contributed by atoms with van der Waals surface area (Å²) in [5.74, 6) is 5.11. The van der Waals surface area contributed by atoms with Crippen molar-refractivity contribution < 1.29 is 4.79 Å². The summed E-state index contributed by atoms with van der Waals surface area (Å²) in [6, 6.07) is 0. The Labute approximate surface area is 135 Å². The molecule has 5 rings (SSSR count). The molecule has 0 amide bonds. The van der Waals surface area contributed by atoms with Crippen LogP contribution in [0.5, 0.6) is 0 Å². The van der Waals surface area contributed by atoms with E-state index in [1.807, 2.05) is 0 Å². The van der Waals surface area contributed by atoms with Crippen molar-refractivity contribution >= 4 is 5.78 Å². The molecule has 122 valence electrons. The predicted octanol–water partition coefficient (Wildman–Crippen LogP) is 5.23. The molecule has 0 N–H and O–H groups in total. The normalized spacial score (nSPS) is 62.7. The summed E-state index contributed by atoms with van der Waals surface area (Å²) >= 11 is 0. The third-order valence-corrected chi connectivity index (χ3v) is 9.76. The van der Waals surface area contributed by atoms with Gasteiger partial charge in [-0.05, 0) is 85.4 Å². The summed E-state index contributed by atoms with van der Waals surface area (Å²) in [7, 11) is 0. The summed E-state index contributed by atoms with van der Waals surface area (Å²) in [5, 5.41) is 0. The lowest BCUT2D eigenvalue weighted by molar-refractivity contribution is -0.142. The third-order valence-electron chi connectivity index (χ3n) is 9.76. The Bertz CT molecular complexity index is 538. The van der Waals surface area contributed by atoms with Gasteiger partial charge in [-0.25, -0.2) is 0 Å². The van der Waals surface area contributed by atoms with Gasteiger partial charge in [-0.2, -0.15) is 0 Å². The maximum Gasteiger partial charge on any atom is 0.139 e. The molecule has 0 aromatic carbocycles. The van der Waals surface area contributed by atoms with Gasteiger partial charge in [0.15, 0.2) is 0 Å². The third kappa shape index (κ3) is 1.41. The van der Waals surface area contributed by atoms with Crippen LogP contribution in [0, 0.1) is 45.8 Å². The van der Waals surface area contributed by atoms with E-state index in [-0.39, 0.29) is 5.41 Å². The Morgan fingerprint density at radius 2 is 1.82 bits per heavy atom. The van der Waals surface area contributed by atoms with Crippen LogP contribution in [-0.2, 0) is 4.79 Å². The average Bonchev–Trinajstić information content (AvgIpc) is 3.08. The number of Topliss-reactive ketones (excluding diaryl/α,β-unsaturated/α-hetero) is 1. The molecule has 1 spiro atoms. The van der Waals surface area contributed by atoms with Gasteiger partial charge in [0, 0.05) is 11.8 Å². The fourth-order valence-corrected chi connectivity index (χ4v) is 8.45. The molecule has 0 heterocycles. The van der Waals surface area contributed by atoms with E-state index >= 15 is 0 Å². The van der Waals surface area contributed by atoms with Crippen molar-refractivity contribution in [3.63, 3.8) is 0 Å². The van der Waals surface area contributed by atoms with Gasteiger partial charge in [0.2, 0.25) is 0 Å². The van der Waals surface area contributed by atoms with Crippen LogP contribution in [-0.4, -0.2) is 5.78 Å². The van der Waals surface area contributed by atoms with Crippen LogP contribution in [0.15, 0.2) is 0 Å². The van der Waals surface area contributed by atoms with E-state index in [2.05, 4.69) is 20.8 Å². The largest absolute Gasteiger partial charge is 0.299 e. The van der Waals surface area contributed by atoms with Crippen molar-refractivity contribution in [3.8, 4) is 0 Å². The number of carbonyl (C=O) groups excluding carboxylic acids is 1. The number of hydrogen-bond acceptors (Lipinski definition) is 1. The topological polar surface area (TPSA) is 17.1 Å². The lowest BCUT2D eigenvalue weighted by Gasteiger charge is -2.60. The Morgan fingerprint density at radius 3 is 2.64 bits per heavy atom. The highest BCUT2D eigenvalue weighted by molar-refractivity contribution is 5.87. The molecule has 1 nitrogen and oxygen atoms in total. The second-order valence-electron chi connectivity index (χ2n) is 10.4. The maximum absolute atomic E-state index is 12.5. The van der Waals surface area contributed by atoms with Crippen LogP contribution in [0.3, 0.4) is 0 Å². The Kier molecular flexibility index (Phi) is 2.56. The molecule has 0 aromatic rings. The minimum atomic E-state index is 0.0639. The van der Waals surface area contributed by atoms with Crippen molar-refractivity contribution in [1.82, 2.24) is 0 Å². The number of rotatable bonds is 0. The van der Waals surface area contributed by atoms with E-state index in [1.54, 1.807) is 0 Å². The van der Waals surface area contributed by atoms with Gasteiger partial charge in [-0.15, -0.1) is 0 Å². The van der Waals surface area contributed by atoms with Gasteiger partial charge in [0.25, 0.3) is 0 Å². The molecule has 0 aromatic heterocycles. The molecule has 0 bridgehead atoms. The zero-order valence-corrected chi connectivity index (χ0v) is 14.7. The van der Waals surface area contributed by atoms with E-state index in [1.165, 1.54) is 51.4 Å². The second-order valence-corrected chi connectivity index (χ2v) is 10.4. The average molecular weight is 300 g/mol. The van der Waals surface area contributed by atoms with Crippen LogP contribution in [0.2, 0.25) is 0 Å². The van der Waals surface area contributed by atoms with E-state index in [0.29, 0.717) is 11.2 Å². The van der Waals surface area contributed by atoms with E-state index in [0.717, 1.165) is 41.4 Å². The fraction of sp³-hybridized carbons (Fsp3) is 0.952. The SMILES string of the molecule is C[C@H]1CC[C@]2(C)[C@H]3CC[C@]4(C)C(=O)CC[C@H]4[C@@H]3CC3CC32C1. The molecular formula is C21H32O. The predicted molar refractivity (Wildman–Crippen MR) is 88.3 cm³/mol. The van der Waals surface area contributed by atoms with E-state index < -0.39 is 0 Å². The molecular weight excluding hydrogens is 268 g/mol. The molecule has 2 unspecified atom stereocenters. The summed E-state index contributed by atoms with van der Waals surface area (Å²) in [5.41, 5.74) is 1.40. The first-order valence-electron chi connectivity index (χ1n) is 9.94. The molecule has 0 radical (unpaired) electrons. The number of carbonyl (C=O) groups is 1. The highest BCUT2D eigenvalue weighted by Gasteiger charge is 2.73. The molecule has 1 heteroatoms. The van der Waals surface area contributed by atoms with Crippen LogP contribution < -0.4 is 0 Å². The number of hydrogen-bond donors (Lipinski definition) is 0. The highest BCUT2D eigenvalue weighted by atomic mass is 16.1. The standard InChI is InChI=1S/C21H32O/c1-13-6-9-20(3)17-7-8-19(2)16(4-5-18(19)22)15(17)10-14-12-21(14,20)11-13/h13-17H,4-12H2,1-3H3/t13-,14?,15-,16-,17-,19-,20+,21?/m0/s1. The summed E-state index contributed by atoms with van der Waals surface area (Å²) in [6.07, 6.45) is 12.1. The van der Waals surface area contributed by atoms with Crippen molar-refractivity contribution in [2.75, 3.05) is 0 Å². The summed E-state index contributed by atoms with van der Waals surface area (Å²) < 4.78 is 0. The van der Waals surface area contributed by atoms with Crippen molar-refractivity contribution in [3.05, 3.63) is 0 Å². The first-order valence-corrected chi connectivity index (χ1v) is 9.94. The van der Waals surface area contributed by atoms with E-state index in [4.69, 9.17) is 0 Å². The van der Waals surface area contributed by atoms with Crippen LogP contribution >= 0.6 is 0 Å². The zero-order valence-electron chi connectivity index (χ0n) is 14.7.